The second-order valence-electron chi connectivity index (χ2n) is 7.03. The van der Waals surface area contributed by atoms with E-state index in [0.29, 0.717) is 12.5 Å². The fourth-order valence-corrected chi connectivity index (χ4v) is 2.48. The number of guanidine groups is 1. The Balaban J connectivity index is 1.99. The van der Waals surface area contributed by atoms with Crippen LogP contribution in [-0.4, -0.2) is 30.5 Å². The maximum atomic E-state index is 11.9. The maximum Gasteiger partial charge on any atom is 0.239 e. The summed E-state index contributed by atoms with van der Waals surface area (Å²) in [5, 5.41) is 11.6. The first-order chi connectivity index (χ1) is 11.9. The van der Waals surface area contributed by atoms with Gasteiger partial charge in [-0.15, -0.1) is 0 Å². The maximum absolute atomic E-state index is 11.9. The Morgan fingerprint density at radius 2 is 1.76 bits per heavy atom. The van der Waals surface area contributed by atoms with E-state index < -0.39 is 0 Å². The number of hydrogen-bond donors (Lipinski definition) is 3. The Labute approximate surface area is 149 Å². The number of nitrogens with one attached hydrogen (secondary N) is 3. The molecule has 0 fully saturated rings. The largest absolute Gasteiger partial charge is 0.357 e. The van der Waals surface area contributed by atoms with Crippen molar-refractivity contribution in [1.82, 2.24) is 16.0 Å². The van der Waals surface area contributed by atoms with Gasteiger partial charge in [0.1, 0.15) is 0 Å². The van der Waals surface area contributed by atoms with Gasteiger partial charge in [0.15, 0.2) is 5.96 Å². The van der Waals surface area contributed by atoms with Gasteiger partial charge in [-0.3, -0.25) is 4.79 Å². The molecule has 0 saturated carbocycles. The summed E-state index contributed by atoms with van der Waals surface area (Å²) in [5.41, 5.74) is 0.898. The predicted octanol–water partition coefficient (Wildman–Crippen LogP) is 2.81. The number of hydrogen-bond acceptors (Lipinski definition) is 2. The van der Waals surface area contributed by atoms with Crippen LogP contribution in [0.25, 0.3) is 10.8 Å². The quantitative estimate of drug-likeness (QED) is 0.579. The average Bonchev–Trinajstić information content (AvgIpc) is 2.55. The van der Waals surface area contributed by atoms with Crippen LogP contribution in [0.15, 0.2) is 47.5 Å². The van der Waals surface area contributed by atoms with Gasteiger partial charge in [0.05, 0.1) is 13.1 Å². The van der Waals surface area contributed by atoms with Crippen molar-refractivity contribution >= 4 is 22.6 Å². The number of aliphatic imine (C=N–C) groups is 1. The molecule has 134 valence electrons. The highest BCUT2D eigenvalue weighted by molar-refractivity contribution is 5.87. The number of carbonyl (C=O) groups excluding carboxylic acids is 1. The highest BCUT2D eigenvalue weighted by Crippen LogP contribution is 2.16. The van der Waals surface area contributed by atoms with Gasteiger partial charge in [-0.1, -0.05) is 36.4 Å². The molecule has 25 heavy (non-hydrogen) atoms. The van der Waals surface area contributed by atoms with E-state index in [-0.39, 0.29) is 18.0 Å². The molecule has 0 unspecified atom stereocenters. The molecule has 0 saturated heterocycles. The first-order valence-electron chi connectivity index (χ1n) is 8.68. The van der Waals surface area contributed by atoms with Crippen LogP contribution in [0.4, 0.5) is 0 Å². The summed E-state index contributed by atoms with van der Waals surface area (Å²) in [4.78, 5) is 16.5. The molecule has 3 N–H and O–H groups in total. The van der Waals surface area contributed by atoms with Gasteiger partial charge in [-0.2, -0.15) is 0 Å². The third kappa shape index (κ3) is 6.45. The molecule has 5 heteroatoms. The normalized spacial score (nSPS) is 12.1. The number of benzene rings is 2. The van der Waals surface area contributed by atoms with Crippen molar-refractivity contribution in [2.75, 3.05) is 13.1 Å². The molecule has 0 aromatic heterocycles. The lowest BCUT2D eigenvalue weighted by Gasteiger charge is -2.21. The van der Waals surface area contributed by atoms with Crippen molar-refractivity contribution in [2.24, 2.45) is 4.99 Å². The summed E-state index contributed by atoms with van der Waals surface area (Å²) >= 11 is 0. The lowest BCUT2D eigenvalue weighted by atomic mass is 10.1. The molecule has 2 aromatic rings. The summed E-state index contributed by atoms with van der Waals surface area (Å²) in [6.07, 6.45) is 0. The van der Waals surface area contributed by atoms with E-state index in [4.69, 9.17) is 0 Å². The van der Waals surface area contributed by atoms with Gasteiger partial charge in [-0.05, 0) is 50.1 Å². The second kappa shape index (κ2) is 8.51. The highest BCUT2D eigenvalue weighted by atomic mass is 16.2. The molecular formula is C20H28N4O. The molecular weight excluding hydrogens is 312 g/mol. The lowest BCUT2D eigenvalue weighted by Crippen LogP contribution is -2.48. The van der Waals surface area contributed by atoms with Gasteiger partial charge in [0.2, 0.25) is 5.91 Å². The summed E-state index contributed by atoms with van der Waals surface area (Å²) < 4.78 is 0. The Morgan fingerprint density at radius 1 is 1.04 bits per heavy atom. The molecule has 0 heterocycles. The number of fused-ring (bicyclic) bond motifs is 1. The SMILES string of the molecule is CCNC(=NCc1ccc2ccccc2c1)NCC(=O)NC(C)(C)C. The van der Waals surface area contributed by atoms with Gasteiger partial charge in [0.25, 0.3) is 0 Å². The summed E-state index contributed by atoms with van der Waals surface area (Å²) in [5.74, 6) is 0.587. The van der Waals surface area contributed by atoms with E-state index >= 15 is 0 Å². The average molecular weight is 340 g/mol. The molecule has 0 radical (unpaired) electrons. The molecule has 0 atom stereocenters. The first kappa shape index (κ1) is 18.8. The van der Waals surface area contributed by atoms with E-state index in [1.165, 1.54) is 10.8 Å². The van der Waals surface area contributed by atoms with Crippen molar-refractivity contribution in [3.05, 3.63) is 48.0 Å². The van der Waals surface area contributed by atoms with Crippen LogP contribution in [0, 0.1) is 0 Å². The fraction of sp³-hybridized carbons (Fsp3) is 0.400. The minimum Gasteiger partial charge on any atom is -0.357 e. The van der Waals surface area contributed by atoms with E-state index in [9.17, 15) is 4.79 Å². The third-order valence-electron chi connectivity index (χ3n) is 3.51. The number of carbonyl (C=O) groups is 1. The monoisotopic (exact) mass is 340 g/mol. The number of rotatable bonds is 5. The van der Waals surface area contributed by atoms with Crippen molar-refractivity contribution < 1.29 is 4.79 Å². The van der Waals surface area contributed by atoms with Crippen LogP contribution >= 0.6 is 0 Å². The highest BCUT2D eigenvalue weighted by Gasteiger charge is 2.13. The Bertz CT molecular complexity index is 747. The van der Waals surface area contributed by atoms with Crippen molar-refractivity contribution in [2.45, 2.75) is 39.8 Å². The van der Waals surface area contributed by atoms with Crippen molar-refractivity contribution in [3.8, 4) is 0 Å². The minimum atomic E-state index is -0.237. The molecule has 2 aromatic carbocycles. The Hall–Kier alpha value is -2.56. The molecule has 1 amide bonds. The Kier molecular flexibility index (Phi) is 6.39. The lowest BCUT2D eigenvalue weighted by molar-refractivity contribution is -0.121. The molecule has 2 rings (SSSR count). The zero-order chi connectivity index (χ0) is 18.3. The number of nitrogens with zero attached hydrogens (tertiary/aromatic N) is 1. The summed E-state index contributed by atoms with van der Waals surface area (Å²) in [6.45, 7) is 9.38. The molecule has 0 aliphatic heterocycles. The van der Waals surface area contributed by atoms with Crippen molar-refractivity contribution in [3.63, 3.8) is 0 Å². The fourth-order valence-electron chi connectivity index (χ4n) is 2.48. The first-order valence-corrected chi connectivity index (χ1v) is 8.68. The third-order valence-corrected chi connectivity index (χ3v) is 3.51. The topological polar surface area (TPSA) is 65.5 Å². The van der Waals surface area contributed by atoms with Crippen LogP contribution < -0.4 is 16.0 Å². The standard InChI is InChI=1S/C20H28N4O/c1-5-21-19(23-14-18(25)24-20(2,3)4)22-13-15-10-11-16-8-6-7-9-17(16)12-15/h6-12H,5,13-14H2,1-4H3,(H,24,25)(H2,21,22,23). The number of amides is 1. The zero-order valence-corrected chi connectivity index (χ0v) is 15.5. The van der Waals surface area contributed by atoms with Gasteiger partial charge in [0, 0.05) is 12.1 Å². The van der Waals surface area contributed by atoms with Crippen LogP contribution in [0.5, 0.6) is 0 Å². The Morgan fingerprint density at radius 3 is 2.44 bits per heavy atom. The van der Waals surface area contributed by atoms with E-state index in [1.54, 1.807) is 0 Å². The van der Waals surface area contributed by atoms with Gasteiger partial charge >= 0.3 is 0 Å². The molecule has 0 spiro atoms. The predicted molar refractivity (Wildman–Crippen MR) is 105 cm³/mol. The molecule has 0 aliphatic rings. The molecule has 5 nitrogen and oxygen atoms in total. The van der Waals surface area contributed by atoms with Crippen LogP contribution in [0.1, 0.15) is 33.3 Å². The van der Waals surface area contributed by atoms with Crippen LogP contribution in [0.3, 0.4) is 0 Å². The van der Waals surface area contributed by atoms with E-state index in [1.807, 2.05) is 39.8 Å². The molecule has 0 bridgehead atoms. The summed E-state index contributed by atoms with van der Waals surface area (Å²) in [6, 6.07) is 14.6. The second-order valence-corrected chi connectivity index (χ2v) is 7.03. The molecule has 0 aliphatic carbocycles. The van der Waals surface area contributed by atoms with Crippen LogP contribution in [0.2, 0.25) is 0 Å². The van der Waals surface area contributed by atoms with Gasteiger partial charge < -0.3 is 16.0 Å². The van der Waals surface area contributed by atoms with Crippen molar-refractivity contribution in [1.29, 1.82) is 0 Å². The zero-order valence-electron chi connectivity index (χ0n) is 15.5. The van der Waals surface area contributed by atoms with Gasteiger partial charge in [-0.25, -0.2) is 4.99 Å². The smallest absolute Gasteiger partial charge is 0.239 e. The van der Waals surface area contributed by atoms with E-state index in [0.717, 1.165) is 12.1 Å². The van der Waals surface area contributed by atoms with E-state index in [2.05, 4.69) is 51.3 Å². The minimum absolute atomic E-state index is 0.0520. The summed E-state index contributed by atoms with van der Waals surface area (Å²) in [7, 11) is 0. The van der Waals surface area contributed by atoms with Crippen LogP contribution in [-0.2, 0) is 11.3 Å².